The van der Waals surface area contributed by atoms with E-state index < -0.39 is 5.41 Å². The number of amides is 1. The van der Waals surface area contributed by atoms with Gasteiger partial charge in [0, 0.05) is 6.61 Å². The van der Waals surface area contributed by atoms with Crippen molar-refractivity contribution in [2.75, 3.05) is 6.61 Å². The lowest BCUT2D eigenvalue weighted by molar-refractivity contribution is -0.133. The molecule has 6 heteroatoms. The number of amidine groups is 1. The highest BCUT2D eigenvalue weighted by molar-refractivity contribution is 6.07. The summed E-state index contributed by atoms with van der Waals surface area (Å²) in [6, 6.07) is 0. The number of carbonyl (C=O) groups excluding carboxylic acids is 1. The van der Waals surface area contributed by atoms with Crippen molar-refractivity contribution in [3.63, 3.8) is 0 Å². The van der Waals surface area contributed by atoms with Gasteiger partial charge in [0.25, 0.3) is 0 Å². The Hall–Kier alpha value is -1.30. The van der Waals surface area contributed by atoms with Crippen LogP contribution in [0.2, 0.25) is 0 Å². The molecule has 2 unspecified atom stereocenters. The van der Waals surface area contributed by atoms with Crippen molar-refractivity contribution in [1.29, 1.82) is 0 Å². The van der Waals surface area contributed by atoms with Gasteiger partial charge in [0.1, 0.15) is 5.41 Å². The van der Waals surface area contributed by atoms with E-state index in [9.17, 15) is 4.79 Å². The third kappa shape index (κ3) is 1.84. The fourth-order valence-electron chi connectivity index (χ4n) is 2.60. The van der Waals surface area contributed by atoms with Crippen molar-refractivity contribution in [2.24, 2.45) is 16.3 Å². The molecule has 18 heavy (non-hydrogen) atoms. The van der Waals surface area contributed by atoms with Gasteiger partial charge in [-0.2, -0.15) is 0 Å². The van der Waals surface area contributed by atoms with E-state index in [1.54, 1.807) is 0 Å². The molecule has 1 heterocycles. The van der Waals surface area contributed by atoms with Crippen molar-refractivity contribution < 1.29 is 14.7 Å². The van der Waals surface area contributed by atoms with Crippen molar-refractivity contribution in [1.82, 2.24) is 5.32 Å². The third-order valence-electron chi connectivity index (χ3n) is 4.53. The maximum atomic E-state index is 12.4. The zero-order valence-corrected chi connectivity index (χ0v) is 10.9. The van der Waals surface area contributed by atoms with Crippen LogP contribution in [-0.2, 0) is 9.53 Å². The molecular weight excluding hydrogens is 234 g/mol. The van der Waals surface area contributed by atoms with E-state index in [1.165, 1.54) is 0 Å². The van der Waals surface area contributed by atoms with E-state index in [2.05, 4.69) is 10.5 Å². The molecule has 2 aliphatic rings. The molecule has 1 aliphatic carbocycles. The van der Waals surface area contributed by atoms with Gasteiger partial charge in [-0.15, -0.1) is 0 Å². The number of carbonyl (C=O) groups is 1. The Morgan fingerprint density at radius 2 is 2.17 bits per heavy atom. The second kappa shape index (κ2) is 4.42. The summed E-state index contributed by atoms with van der Waals surface area (Å²) in [6.45, 7) is 4.57. The first-order valence-electron chi connectivity index (χ1n) is 6.37. The molecule has 0 aromatic rings. The molecule has 0 aromatic heterocycles. The molecule has 2 atom stereocenters. The topological polar surface area (TPSA) is 96.9 Å². The Balaban J connectivity index is 2.12. The zero-order chi connectivity index (χ0) is 13.4. The highest BCUT2D eigenvalue weighted by atomic mass is 16.5. The van der Waals surface area contributed by atoms with Crippen LogP contribution in [-0.4, -0.2) is 35.2 Å². The second-order valence-corrected chi connectivity index (χ2v) is 5.56. The van der Waals surface area contributed by atoms with Crippen LogP contribution >= 0.6 is 0 Å². The second-order valence-electron chi connectivity index (χ2n) is 5.56. The first-order valence-corrected chi connectivity index (χ1v) is 6.37. The lowest BCUT2D eigenvalue weighted by Crippen LogP contribution is -2.60. The minimum absolute atomic E-state index is 0.0152. The average Bonchev–Trinajstić information content (AvgIpc) is 2.57. The zero-order valence-electron chi connectivity index (χ0n) is 10.9. The molecule has 1 saturated heterocycles. The van der Waals surface area contributed by atoms with Gasteiger partial charge in [0.15, 0.2) is 5.84 Å². The molecule has 2 fully saturated rings. The number of nitrogens with one attached hydrogen (secondary N) is 1. The molecule has 0 radical (unpaired) electrons. The van der Waals surface area contributed by atoms with Gasteiger partial charge in [-0.1, -0.05) is 11.6 Å². The number of hydrogen-bond acceptors (Lipinski definition) is 4. The summed E-state index contributed by atoms with van der Waals surface area (Å²) in [5, 5.41) is 14.9. The summed E-state index contributed by atoms with van der Waals surface area (Å²) in [7, 11) is 0. The van der Waals surface area contributed by atoms with E-state index in [1.807, 2.05) is 13.8 Å². The monoisotopic (exact) mass is 255 g/mol. The molecule has 1 amide bonds. The number of nitrogens with two attached hydrogens (primary N) is 1. The van der Waals surface area contributed by atoms with Crippen LogP contribution in [0.4, 0.5) is 0 Å². The molecule has 2 rings (SSSR count). The van der Waals surface area contributed by atoms with E-state index in [-0.39, 0.29) is 23.4 Å². The maximum Gasteiger partial charge on any atom is 0.234 e. The number of hydrogen-bond donors (Lipinski definition) is 3. The predicted molar refractivity (Wildman–Crippen MR) is 66.3 cm³/mol. The van der Waals surface area contributed by atoms with Gasteiger partial charge >= 0.3 is 0 Å². The number of rotatable bonds is 3. The minimum atomic E-state index is -0.819. The van der Waals surface area contributed by atoms with Gasteiger partial charge < -0.3 is 21.0 Å². The highest BCUT2D eigenvalue weighted by Crippen LogP contribution is 2.42. The fourth-order valence-corrected chi connectivity index (χ4v) is 2.60. The minimum Gasteiger partial charge on any atom is -0.409 e. The Morgan fingerprint density at radius 1 is 1.50 bits per heavy atom. The summed E-state index contributed by atoms with van der Waals surface area (Å²) in [5.41, 5.74) is 4.49. The van der Waals surface area contributed by atoms with Gasteiger partial charge in [-0.25, -0.2) is 0 Å². The van der Waals surface area contributed by atoms with Crippen LogP contribution < -0.4 is 11.1 Å². The summed E-state index contributed by atoms with van der Waals surface area (Å²) in [4.78, 5) is 12.4. The van der Waals surface area contributed by atoms with E-state index in [0.29, 0.717) is 19.4 Å². The van der Waals surface area contributed by atoms with Gasteiger partial charge in [-0.05, 0) is 33.1 Å². The molecular formula is C12H21N3O3. The molecule has 0 spiro atoms. The Kier molecular flexibility index (Phi) is 3.23. The standard InChI is InChI=1S/C12H21N3O3/c1-8-11(2,6-7-18-8)14-10(16)12(4-3-5-12)9(13)15-17/h8,17H,3-7H2,1-2H3,(H2,13,15)(H,14,16). The SMILES string of the molecule is CC1OCCC1(C)NC(=O)C1(C(N)=NO)CCC1. The van der Waals surface area contributed by atoms with Crippen LogP contribution in [0.3, 0.4) is 0 Å². The van der Waals surface area contributed by atoms with E-state index >= 15 is 0 Å². The van der Waals surface area contributed by atoms with Crippen molar-refractivity contribution in [3.8, 4) is 0 Å². The van der Waals surface area contributed by atoms with Crippen molar-refractivity contribution in [3.05, 3.63) is 0 Å². The Labute approximate surface area is 107 Å². The third-order valence-corrected chi connectivity index (χ3v) is 4.53. The van der Waals surface area contributed by atoms with Gasteiger partial charge in [0.2, 0.25) is 5.91 Å². The normalized spacial score (nSPS) is 35.0. The summed E-state index contributed by atoms with van der Waals surface area (Å²) < 4.78 is 5.49. The Bertz CT molecular complexity index is 379. The summed E-state index contributed by atoms with van der Waals surface area (Å²) in [6.07, 6.45) is 2.96. The van der Waals surface area contributed by atoms with Crippen LogP contribution in [0.25, 0.3) is 0 Å². The predicted octanol–water partition coefficient (Wildman–Crippen LogP) is 0.587. The fraction of sp³-hybridized carbons (Fsp3) is 0.833. The van der Waals surface area contributed by atoms with E-state index in [4.69, 9.17) is 15.7 Å². The molecule has 1 aliphatic heterocycles. The Morgan fingerprint density at radius 3 is 2.56 bits per heavy atom. The first-order chi connectivity index (χ1) is 8.44. The van der Waals surface area contributed by atoms with Crippen LogP contribution in [0.1, 0.15) is 39.5 Å². The quantitative estimate of drug-likeness (QED) is 0.297. The summed E-state index contributed by atoms with van der Waals surface area (Å²) in [5.74, 6) is -0.134. The number of ether oxygens (including phenoxy) is 1. The molecule has 0 aromatic carbocycles. The molecule has 0 bridgehead atoms. The lowest BCUT2D eigenvalue weighted by atomic mass is 9.66. The van der Waals surface area contributed by atoms with E-state index in [0.717, 1.165) is 12.8 Å². The molecule has 4 N–H and O–H groups in total. The van der Waals surface area contributed by atoms with Crippen LogP contribution in [0, 0.1) is 5.41 Å². The number of oxime groups is 1. The van der Waals surface area contributed by atoms with Crippen LogP contribution in [0.15, 0.2) is 5.16 Å². The van der Waals surface area contributed by atoms with Gasteiger partial charge in [0.05, 0.1) is 11.6 Å². The average molecular weight is 255 g/mol. The highest BCUT2D eigenvalue weighted by Gasteiger charge is 2.51. The largest absolute Gasteiger partial charge is 0.409 e. The molecule has 6 nitrogen and oxygen atoms in total. The van der Waals surface area contributed by atoms with Crippen molar-refractivity contribution >= 4 is 11.7 Å². The lowest BCUT2D eigenvalue weighted by Gasteiger charge is -2.41. The van der Waals surface area contributed by atoms with Crippen LogP contribution in [0.5, 0.6) is 0 Å². The van der Waals surface area contributed by atoms with Crippen molar-refractivity contribution in [2.45, 2.75) is 51.2 Å². The van der Waals surface area contributed by atoms with Gasteiger partial charge in [-0.3, -0.25) is 4.79 Å². The summed E-state index contributed by atoms with van der Waals surface area (Å²) >= 11 is 0. The maximum absolute atomic E-state index is 12.4. The first kappa shape index (κ1) is 13.1. The smallest absolute Gasteiger partial charge is 0.234 e. The number of nitrogens with zero attached hydrogens (tertiary/aromatic N) is 1. The molecule has 102 valence electrons. The molecule has 1 saturated carbocycles.